The third kappa shape index (κ3) is 4.56. The van der Waals surface area contributed by atoms with Gasteiger partial charge in [-0.3, -0.25) is 4.79 Å². The first kappa shape index (κ1) is 22.1. The zero-order chi connectivity index (χ0) is 23.6. The van der Waals surface area contributed by atoms with Crippen molar-refractivity contribution in [3.05, 3.63) is 71.7 Å². The molecule has 0 aliphatic heterocycles. The van der Waals surface area contributed by atoms with E-state index < -0.39 is 24.3 Å². The second-order valence-electron chi connectivity index (χ2n) is 6.90. The Balaban J connectivity index is 1.70. The lowest BCUT2D eigenvalue weighted by atomic mass is 10.1. The third-order valence-corrected chi connectivity index (χ3v) is 4.76. The molecule has 0 bridgehead atoms. The number of rotatable bonds is 5. The van der Waals surface area contributed by atoms with Crippen LogP contribution in [0.15, 0.2) is 54.9 Å². The maximum absolute atomic E-state index is 13.5. The standard InChI is InChI=1S/C22H16F4N6O/c1-27-21(33)16-7-2-12(10-23)18(31-16)17-11-29-19-15(8-9-28-20(19)32-17)30-14-5-3-13(4-6-14)22(24,25)26/h2-9,11H,10H2,1H3,(H,27,33)(H,28,30,32). The number of halogens is 4. The maximum Gasteiger partial charge on any atom is 0.416 e. The molecule has 0 aliphatic carbocycles. The molecule has 0 spiro atoms. The maximum atomic E-state index is 13.5. The number of nitrogens with one attached hydrogen (secondary N) is 2. The predicted octanol–water partition coefficient (Wildman–Crippen LogP) is 4.68. The molecule has 0 saturated heterocycles. The molecular weight excluding hydrogens is 440 g/mol. The van der Waals surface area contributed by atoms with Gasteiger partial charge in [0.25, 0.3) is 5.91 Å². The van der Waals surface area contributed by atoms with E-state index in [1.165, 1.54) is 43.7 Å². The van der Waals surface area contributed by atoms with Gasteiger partial charge in [0.1, 0.15) is 23.6 Å². The average Bonchev–Trinajstić information content (AvgIpc) is 2.82. The second kappa shape index (κ2) is 8.77. The van der Waals surface area contributed by atoms with Crippen LogP contribution < -0.4 is 10.6 Å². The number of pyridine rings is 2. The van der Waals surface area contributed by atoms with Crippen LogP contribution >= 0.6 is 0 Å². The fourth-order valence-corrected chi connectivity index (χ4v) is 3.11. The lowest BCUT2D eigenvalue weighted by Crippen LogP contribution is -2.19. The van der Waals surface area contributed by atoms with Gasteiger partial charge in [0, 0.05) is 24.5 Å². The zero-order valence-electron chi connectivity index (χ0n) is 17.1. The number of amides is 1. The Bertz CT molecular complexity index is 1330. The van der Waals surface area contributed by atoms with Crippen LogP contribution in [0.3, 0.4) is 0 Å². The number of hydrogen-bond donors (Lipinski definition) is 2. The van der Waals surface area contributed by atoms with Crippen LogP contribution in [0.4, 0.5) is 28.9 Å². The predicted molar refractivity (Wildman–Crippen MR) is 113 cm³/mol. The number of aromatic nitrogens is 4. The Morgan fingerprint density at radius 3 is 2.42 bits per heavy atom. The van der Waals surface area contributed by atoms with Gasteiger partial charge >= 0.3 is 6.18 Å². The van der Waals surface area contributed by atoms with E-state index in [0.717, 1.165) is 12.1 Å². The van der Waals surface area contributed by atoms with Crippen molar-refractivity contribution in [1.29, 1.82) is 0 Å². The molecule has 0 radical (unpaired) electrons. The van der Waals surface area contributed by atoms with Crippen LogP contribution in [0.2, 0.25) is 0 Å². The Labute approximate surface area is 184 Å². The molecule has 7 nitrogen and oxygen atoms in total. The average molecular weight is 456 g/mol. The monoisotopic (exact) mass is 456 g/mol. The Morgan fingerprint density at radius 2 is 1.76 bits per heavy atom. The van der Waals surface area contributed by atoms with E-state index in [9.17, 15) is 22.4 Å². The van der Waals surface area contributed by atoms with Gasteiger partial charge in [-0.25, -0.2) is 24.3 Å². The number of hydrogen-bond acceptors (Lipinski definition) is 6. The normalized spacial score (nSPS) is 11.4. The number of carbonyl (C=O) groups excluding carboxylic acids is 1. The molecule has 0 unspecified atom stereocenters. The van der Waals surface area contributed by atoms with Gasteiger partial charge in [-0.2, -0.15) is 13.2 Å². The van der Waals surface area contributed by atoms with Gasteiger partial charge < -0.3 is 10.6 Å². The summed E-state index contributed by atoms with van der Waals surface area (Å²) in [5, 5.41) is 5.46. The largest absolute Gasteiger partial charge is 0.416 e. The minimum absolute atomic E-state index is 0.0947. The van der Waals surface area contributed by atoms with E-state index in [1.54, 1.807) is 6.07 Å². The van der Waals surface area contributed by atoms with E-state index >= 15 is 0 Å². The fourth-order valence-electron chi connectivity index (χ4n) is 3.11. The molecule has 3 aromatic heterocycles. The van der Waals surface area contributed by atoms with Crippen LogP contribution in [0.1, 0.15) is 21.6 Å². The highest BCUT2D eigenvalue weighted by molar-refractivity contribution is 5.93. The summed E-state index contributed by atoms with van der Waals surface area (Å²) in [6.07, 6.45) is -1.60. The van der Waals surface area contributed by atoms with Gasteiger partial charge in [-0.15, -0.1) is 0 Å². The molecule has 0 atom stereocenters. The van der Waals surface area contributed by atoms with Gasteiger partial charge in [0.2, 0.25) is 0 Å². The molecule has 33 heavy (non-hydrogen) atoms. The summed E-state index contributed by atoms with van der Waals surface area (Å²) < 4.78 is 51.9. The molecule has 0 saturated carbocycles. The van der Waals surface area contributed by atoms with Crippen molar-refractivity contribution in [1.82, 2.24) is 25.3 Å². The molecule has 3 heterocycles. The first-order chi connectivity index (χ1) is 15.8. The molecule has 1 aromatic carbocycles. The number of anilines is 2. The molecular formula is C22H16F4N6O. The Kier molecular flexibility index (Phi) is 5.86. The fraction of sp³-hybridized carbons (Fsp3) is 0.136. The Hall–Kier alpha value is -4.15. The van der Waals surface area contributed by atoms with Crippen LogP contribution in [-0.2, 0) is 12.9 Å². The lowest BCUT2D eigenvalue weighted by Gasteiger charge is -2.12. The second-order valence-corrected chi connectivity index (χ2v) is 6.90. The number of fused-ring (bicyclic) bond motifs is 1. The van der Waals surface area contributed by atoms with E-state index in [2.05, 4.69) is 30.6 Å². The minimum Gasteiger partial charge on any atom is -0.354 e. The minimum atomic E-state index is -4.43. The van der Waals surface area contributed by atoms with Crippen molar-refractivity contribution in [3.63, 3.8) is 0 Å². The van der Waals surface area contributed by atoms with Crippen molar-refractivity contribution in [2.24, 2.45) is 0 Å². The smallest absolute Gasteiger partial charge is 0.354 e. The van der Waals surface area contributed by atoms with Crippen molar-refractivity contribution >= 4 is 28.4 Å². The topological polar surface area (TPSA) is 92.7 Å². The van der Waals surface area contributed by atoms with Crippen LogP contribution in [0, 0.1) is 0 Å². The van der Waals surface area contributed by atoms with E-state index in [0.29, 0.717) is 16.9 Å². The van der Waals surface area contributed by atoms with E-state index in [4.69, 9.17) is 0 Å². The molecule has 0 fully saturated rings. The highest BCUT2D eigenvalue weighted by Gasteiger charge is 2.30. The van der Waals surface area contributed by atoms with Gasteiger partial charge in [-0.1, -0.05) is 6.07 Å². The van der Waals surface area contributed by atoms with Crippen LogP contribution in [-0.4, -0.2) is 32.9 Å². The summed E-state index contributed by atoms with van der Waals surface area (Å²) in [5.74, 6) is -0.434. The highest BCUT2D eigenvalue weighted by atomic mass is 19.4. The van der Waals surface area contributed by atoms with Gasteiger partial charge in [-0.05, 0) is 36.4 Å². The van der Waals surface area contributed by atoms with Crippen molar-refractivity contribution < 1.29 is 22.4 Å². The summed E-state index contributed by atoms with van der Waals surface area (Å²) in [5.41, 5.74) is 1.40. The van der Waals surface area contributed by atoms with E-state index in [-0.39, 0.29) is 28.3 Å². The zero-order valence-corrected chi connectivity index (χ0v) is 17.1. The quantitative estimate of drug-likeness (QED) is 0.424. The molecule has 4 rings (SSSR count). The summed E-state index contributed by atoms with van der Waals surface area (Å²) in [6, 6.07) is 9.02. The summed E-state index contributed by atoms with van der Waals surface area (Å²) in [6.45, 7) is -0.820. The molecule has 168 valence electrons. The Morgan fingerprint density at radius 1 is 1.00 bits per heavy atom. The number of alkyl halides is 4. The SMILES string of the molecule is CNC(=O)c1ccc(CF)c(-c2cnc3c(Nc4ccc(C(F)(F)F)cc4)ccnc3n2)n1. The summed E-state index contributed by atoms with van der Waals surface area (Å²) in [7, 11) is 1.46. The van der Waals surface area contributed by atoms with Crippen LogP contribution in [0.5, 0.6) is 0 Å². The lowest BCUT2D eigenvalue weighted by molar-refractivity contribution is -0.137. The molecule has 2 N–H and O–H groups in total. The number of carbonyl (C=O) groups is 1. The third-order valence-electron chi connectivity index (χ3n) is 4.76. The molecule has 4 aromatic rings. The number of benzene rings is 1. The summed E-state index contributed by atoms with van der Waals surface area (Å²) in [4.78, 5) is 29.1. The molecule has 11 heteroatoms. The van der Waals surface area contributed by atoms with Crippen molar-refractivity contribution in [3.8, 4) is 11.4 Å². The van der Waals surface area contributed by atoms with E-state index in [1.807, 2.05) is 0 Å². The van der Waals surface area contributed by atoms with Gasteiger partial charge in [0.15, 0.2) is 5.65 Å². The van der Waals surface area contributed by atoms with Crippen molar-refractivity contribution in [2.45, 2.75) is 12.9 Å². The van der Waals surface area contributed by atoms with Crippen LogP contribution in [0.25, 0.3) is 22.6 Å². The van der Waals surface area contributed by atoms with Crippen molar-refractivity contribution in [2.75, 3.05) is 12.4 Å². The summed E-state index contributed by atoms with van der Waals surface area (Å²) >= 11 is 0. The highest BCUT2D eigenvalue weighted by Crippen LogP contribution is 2.31. The number of nitrogens with zero attached hydrogens (tertiary/aromatic N) is 4. The first-order valence-electron chi connectivity index (χ1n) is 9.64. The van der Waals surface area contributed by atoms with Gasteiger partial charge in [0.05, 0.1) is 23.1 Å². The first-order valence-corrected chi connectivity index (χ1v) is 9.64. The molecule has 1 amide bonds. The molecule has 0 aliphatic rings.